The topological polar surface area (TPSA) is 50.1 Å². The van der Waals surface area contributed by atoms with Gasteiger partial charge in [-0.15, -0.1) is 0 Å². The summed E-state index contributed by atoms with van der Waals surface area (Å²) in [5.74, 6) is 0.702. The van der Waals surface area contributed by atoms with Crippen molar-refractivity contribution in [2.45, 2.75) is 44.6 Å². The van der Waals surface area contributed by atoms with Gasteiger partial charge in [-0.2, -0.15) is 13.2 Å². The fourth-order valence-electron chi connectivity index (χ4n) is 2.95. The largest absolute Gasteiger partial charge is 0.416 e. The molecule has 0 spiro atoms. The molecule has 1 aliphatic heterocycles. The highest BCUT2D eigenvalue weighted by atomic mass is 19.4. The van der Waals surface area contributed by atoms with Crippen LogP contribution in [0.2, 0.25) is 0 Å². The molecule has 2 heterocycles. The van der Waals surface area contributed by atoms with Crippen molar-refractivity contribution in [1.82, 2.24) is 14.9 Å². The molecule has 0 saturated carbocycles. The maximum absolute atomic E-state index is 12.8. The molecule has 4 nitrogen and oxygen atoms in total. The van der Waals surface area contributed by atoms with Crippen LogP contribution in [0.5, 0.6) is 0 Å². The molecule has 0 aliphatic carbocycles. The van der Waals surface area contributed by atoms with Gasteiger partial charge < -0.3 is 15.0 Å². The Balaban J connectivity index is 2.11. The molecular weight excluding hydrogens is 295 g/mol. The van der Waals surface area contributed by atoms with Crippen LogP contribution in [0.25, 0.3) is 11.0 Å². The summed E-state index contributed by atoms with van der Waals surface area (Å²) in [5, 5.41) is 13.0. The van der Waals surface area contributed by atoms with Crippen LogP contribution in [0, 0.1) is 0 Å². The SMILES string of the molecule is CC(O)Cn1c(C2CCCN2)nc2cc(C(F)(F)F)ccc21. The van der Waals surface area contributed by atoms with E-state index in [9.17, 15) is 18.3 Å². The van der Waals surface area contributed by atoms with E-state index in [1.54, 1.807) is 6.92 Å². The van der Waals surface area contributed by atoms with Gasteiger partial charge in [0.1, 0.15) is 5.82 Å². The summed E-state index contributed by atoms with van der Waals surface area (Å²) in [6.07, 6.45) is -3.07. The van der Waals surface area contributed by atoms with E-state index >= 15 is 0 Å². The van der Waals surface area contributed by atoms with Gasteiger partial charge in [0.05, 0.1) is 35.3 Å². The summed E-state index contributed by atoms with van der Waals surface area (Å²) < 4.78 is 40.4. The Labute approximate surface area is 126 Å². The second-order valence-corrected chi connectivity index (χ2v) is 5.78. The average molecular weight is 313 g/mol. The van der Waals surface area contributed by atoms with E-state index in [4.69, 9.17) is 0 Å². The number of rotatable bonds is 3. The molecule has 0 bridgehead atoms. The molecule has 7 heteroatoms. The van der Waals surface area contributed by atoms with E-state index < -0.39 is 17.8 Å². The van der Waals surface area contributed by atoms with Crippen molar-refractivity contribution in [3.63, 3.8) is 0 Å². The van der Waals surface area contributed by atoms with Crippen LogP contribution in [0.1, 0.15) is 37.2 Å². The van der Waals surface area contributed by atoms with Gasteiger partial charge in [0.25, 0.3) is 0 Å². The Kier molecular flexibility index (Phi) is 3.86. The molecular formula is C15H18F3N3O. The molecule has 1 aromatic carbocycles. The minimum Gasteiger partial charge on any atom is -0.392 e. The Morgan fingerprint density at radius 2 is 2.23 bits per heavy atom. The minimum absolute atomic E-state index is 0.0282. The van der Waals surface area contributed by atoms with Crippen LogP contribution < -0.4 is 5.32 Å². The molecule has 1 aliphatic rings. The minimum atomic E-state index is -4.38. The first-order valence-electron chi connectivity index (χ1n) is 7.35. The molecule has 2 atom stereocenters. The van der Waals surface area contributed by atoms with Crippen LogP contribution in [0.4, 0.5) is 13.2 Å². The number of hydrogen-bond acceptors (Lipinski definition) is 3. The van der Waals surface area contributed by atoms with Crippen molar-refractivity contribution in [3.05, 3.63) is 29.6 Å². The van der Waals surface area contributed by atoms with Crippen LogP contribution in [0.15, 0.2) is 18.2 Å². The number of halogens is 3. The summed E-state index contributed by atoms with van der Waals surface area (Å²) in [5.41, 5.74) is 0.240. The van der Waals surface area contributed by atoms with Gasteiger partial charge in [0.15, 0.2) is 0 Å². The van der Waals surface area contributed by atoms with Gasteiger partial charge >= 0.3 is 6.18 Å². The number of fused-ring (bicyclic) bond motifs is 1. The Bertz CT molecular complexity index is 672. The van der Waals surface area contributed by atoms with Crippen molar-refractivity contribution < 1.29 is 18.3 Å². The van der Waals surface area contributed by atoms with Gasteiger partial charge in [-0.25, -0.2) is 4.98 Å². The number of nitrogens with zero attached hydrogens (tertiary/aromatic N) is 2. The van der Waals surface area contributed by atoms with Crippen molar-refractivity contribution in [3.8, 4) is 0 Å². The van der Waals surface area contributed by atoms with Crippen molar-refractivity contribution in [1.29, 1.82) is 0 Å². The third kappa shape index (κ3) is 2.83. The summed E-state index contributed by atoms with van der Waals surface area (Å²) in [7, 11) is 0. The lowest BCUT2D eigenvalue weighted by Gasteiger charge is -2.15. The number of nitrogens with one attached hydrogen (secondary N) is 1. The van der Waals surface area contributed by atoms with E-state index in [1.165, 1.54) is 6.07 Å². The standard InChI is InChI=1S/C15H18F3N3O/c1-9(22)8-21-13-5-4-10(15(16,17)18)7-12(13)20-14(21)11-3-2-6-19-11/h4-5,7,9,11,19,22H,2-3,6,8H2,1H3. The highest BCUT2D eigenvalue weighted by Crippen LogP contribution is 2.33. The normalized spacial score (nSPS) is 20.7. The fourth-order valence-corrected chi connectivity index (χ4v) is 2.95. The lowest BCUT2D eigenvalue weighted by Crippen LogP contribution is -2.21. The lowest BCUT2D eigenvalue weighted by molar-refractivity contribution is -0.137. The van der Waals surface area contributed by atoms with Crippen molar-refractivity contribution in [2.75, 3.05) is 6.54 Å². The molecule has 2 unspecified atom stereocenters. The molecule has 1 aromatic heterocycles. The number of imidazole rings is 1. The third-order valence-corrected chi connectivity index (χ3v) is 3.92. The Morgan fingerprint density at radius 3 is 2.82 bits per heavy atom. The van der Waals surface area contributed by atoms with Crippen LogP contribution >= 0.6 is 0 Å². The third-order valence-electron chi connectivity index (χ3n) is 3.92. The summed E-state index contributed by atoms with van der Waals surface area (Å²) >= 11 is 0. The zero-order chi connectivity index (χ0) is 15.9. The molecule has 22 heavy (non-hydrogen) atoms. The quantitative estimate of drug-likeness (QED) is 0.916. The molecule has 120 valence electrons. The van der Waals surface area contributed by atoms with E-state index in [0.29, 0.717) is 23.4 Å². The zero-order valence-corrected chi connectivity index (χ0v) is 12.2. The second kappa shape index (κ2) is 5.55. The van der Waals surface area contributed by atoms with Crippen molar-refractivity contribution >= 4 is 11.0 Å². The van der Waals surface area contributed by atoms with Gasteiger partial charge in [-0.1, -0.05) is 0 Å². The Morgan fingerprint density at radius 1 is 1.45 bits per heavy atom. The van der Waals surface area contributed by atoms with Crippen LogP contribution in [-0.4, -0.2) is 27.3 Å². The predicted molar refractivity (Wildman–Crippen MR) is 76.4 cm³/mol. The summed E-state index contributed by atoms with van der Waals surface area (Å²) in [4.78, 5) is 4.41. The molecule has 3 rings (SSSR count). The molecule has 1 fully saturated rings. The fraction of sp³-hybridized carbons (Fsp3) is 0.533. The van der Waals surface area contributed by atoms with Gasteiger partial charge in [0.2, 0.25) is 0 Å². The number of alkyl halides is 3. The molecule has 2 N–H and O–H groups in total. The van der Waals surface area contributed by atoms with Crippen LogP contribution in [0.3, 0.4) is 0 Å². The maximum Gasteiger partial charge on any atom is 0.416 e. The average Bonchev–Trinajstić information content (AvgIpc) is 3.04. The summed E-state index contributed by atoms with van der Waals surface area (Å²) in [6, 6.07) is 3.60. The van der Waals surface area contributed by atoms with Crippen LogP contribution in [-0.2, 0) is 12.7 Å². The molecule has 1 saturated heterocycles. The maximum atomic E-state index is 12.8. The number of hydrogen-bond donors (Lipinski definition) is 2. The van der Waals surface area contributed by atoms with Crippen molar-refractivity contribution in [2.24, 2.45) is 0 Å². The molecule has 0 radical (unpaired) electrons. The predicted octanol–water partition coefficient (Wildman–Crippen LogP) is 2.86. The van der Waals surface area contributed by atoms with Gasteiger partial charge in [-0.3, -0.25) is 0 Å². The number of aromatic nitrogens is 2. The number of aliphatic hydroxyl groups excluding tert-OH is 1. The van der Waals surface area contributed by atoms with Gasteiger partial charge in [0, 0.05) is 0 Å². The number of aliphatic hydroxyl groups is 1. The summed E-state index contributed by atoms with van der Waals surface area (Å²) in [6.45, 7) is 2.84. The van der Waals surface area contributed by atoms with Gasteiger partial charge in [-0.05, 0) is 44.5 Å². The highest BCUT2D eigenvalue weighted by Gasteiger charge is 2.31. The molecule has 0 amide bonds. The Hall–Kier alpha value is -1.60. The first kappa shape index (κ1) is 15.3. The van der Waals surface area contributed by atoms with E-state index in [-0.39, 0.29) is 6.04 Å². The highest BCUT2D eigenvalue weighted by molar-refractivity contribution is 5.77. The zero-order valence-electron chi connectivity index (χ0n) is 12.2. The monoisotopic (exact) mass is 313 g/mol. The lowest BCUT2D eigenvalue weighted by atomic mass is 10.2. The van der Waals surface area contributed by atoms with E-state index in [1.807, 2.05) is 4.57 Å². The van der Waals surface area contributed by atoms with E-state index in [2.05, 4.69) is 10.3 Å². The molecule has 2 aromatic rings. The van der Waals surface area contributed by atoms with E-state index in [0.717, 1.165) is 31.5 Å². The smallest absolute Gasteiger partial charge is 0.392 e. The first-order valence-corrected chi connectivity index (χ1v) is 7.35. The second-order valence-electron chi connectivity index (χ2n) is 5.78. The first-order chi connectivity index (χ1) is 10.4. The number of benzene rings is 1.